The zero-order valence-electron chi connectivity index (χ0n) is 16.3. The largest absolute Gasteiger partial charge is 0.481 e. The Hall–Kier alpha value is -2.61. The molecule has 0 radical (unpaired) electrons. The van der Waals surface area contributed by atoms with Gasteiger partial charge in [-0.1, -0.05) is 11.6 Å². The number of hydrogen-bond acceptors (Lipinski definition) is 7. The molecule has 0 unspecified atom stereocenters. The number of aryl methyl sites for hydroxylation is 2. The predicted molar refractivity (Wildman–Crippen MR) is 105 cm³/mol. The Balaban J connectivity index is 1.96. The van der Waals surface area contributed by atoms with E-state index in [-0.39, 0.29) is 41.1 Å². The van der Waals surface area contributed by atoms with Gasteiger partial charge in [-0.05, 0) is 38.7 Å². The van der Waals surface area contributed by atoms with Crippen molar-refractivity contribution in [3.8, 4) is 5.88 Å². The van der Waals surface area contributed by atoms with Crippen molar-refractivity contribution in [1.82, 2.24) is 14.5 Å². The van der Waals surface area contributed by atoms with Crippen molar-refractivity contribution in [1.29, 1.82) is 0 Å². The van der Waals surface area contributed by atoms with E-state index in [0.29, 0.717) is 17.3 Å². The maximum absolute atomic E-state index is 13.1. The number of esters is 1. The van der Waals surface area contributed by atoms with Crippen molar-refractivity contribution in [2.75, 3.05) is 19.0 Å². The molecule has 2 aromatic heterocycles. The molecule has 1 saturated carbocycles. The quantitative estimate of drug-likeness (QED) is 0.705. The molecule has 2 aromatic rings. The molecule has 0 bridgehead atoms. The highest BCUT2D eigenvalue weighted by Crippen LogP contribution is 2.39. The Morgan fingerprint density at radius 2 is 2.11 bits per heavy atom. The summed E-state index contributed by atoms with van der Waals surface area (Å²) in [6.07, 6.45) is 3.44. The Morgan fingerprint density at radius 3 is 2.71 bits per heavy atom. The molecule has 28 heavy (non-hydrogen) atoms. The van der Waals surface area contributed by atoms with Crippen molar-refractivity contribution in [3.63, 3.8) is 0 Å². The van der Waals surface area contributed by atoms with Crippen LogP contribution in [0, 0.1) is 19.8 Å². The summed E-state index contributed by atoms with van der Waals surface area (Å²) in [6.45, 7) is 5.15. The van der Waals surface area contributed by atoms with Crippen LogP contribution in [0.4, 0.5) is 11.5 Å². The molecule has 0 spiro atoms. The van der Waals surface area contributed by atoms with Crippen molar-refractivity contribution < 1.29 is 14.3 Å². The van der Waals surface area contributed by atoms with Crippen molar-refractivity contribution in [2.24, 2.45) is 5.92 Å². The van der Waals surface area contributed by atoms with E-state index in [4.69, 9.17) is 21.1 Å². The first kappa shape index (κ1) is 20.1. The number of pyridine rings is 1. The van der Waals surface area contributed by atoms with Crippen molar-refractivity contribution in [2.45, 2.75) is 39.7 Å². The molecule has 9 heteroatoms. The lowest BCUT2D eigenvalue weighted by molar-refractivity contribution is -0.142. The van der Waals surface area contributed by atoms with Gasteiger partial charge in [0.25, 0.3) is 5.56 Å². The number of anilines is 2. The third-order valence-electron chi connectivity index (χ3n) is 4.69. The Labute approximate surface area is 167 Å². The summed E-state index contributed by atoms with van der Waals surface area (Å²) < 4.78 is 11.9. The first-order chi connectivity index (χ1) is 13.3. The van der Waals surface area contributed by atoms with E-state index in [1.165, 1.54) is 17.7 Å². The topological polar surface area (TPSA) is 95.3 Å². The molecule has 1 fully saturated rings. The van der Waals surface area contributed by atoms with Gasteiger partial charge in [0.2, 0.25) is 5.88 Å². The van der Waals surface area contributed by atoms with Crippen LogP contribution >= 0.6 is 11.6 Å². The second-order valence-corrected chi connectivity index (χ2v) is 7.29. The number of hydrogen-bond donors (Lipinski definition) is 1. The first-order valence-electron chi connectivity index (χ1n) is 9.01. The van der Waals surface area contributed by atoms with E-state index in [1.54, 1.807) is 14.0 Å². The normalized spacial score (nSPS) is 14.5. The lowest BCUT2D eigenvalue weighted by Crippen LogP contribution is -2.31. The molecule has 2 heterocycles. The van der Waals surface area contributed by atoms with Crippen molar-refractivity contribution >= 4 is 29.1 Å². The molecule has 1 N–H and O–H groups in total. The lowest BCUT2D eigenvalue weighted by Gasteiger charge is -2.20. The molecule has 8 nitrogen and oxygen atoms in total. The number of rotatable bonds is 7. The molecule has 1 aliphatic carbocycles. The van der Waals surface area contributed by atoms with Gasteiger partial charge in [0.15, 0.2) is 5.82 Å². The Bertz CT molecular complexity index is 956. The third kappa shape index (κ3) is 4.44. The number of nitrogens with one attached hydrogen (secondary N) is 1. The fraction of sp³-hybridized carbons (Fsp3) is 0.474. The number of carbonyl (C=O) groups excluding carboxylic acids is 1. The highest BCUT2D eigenvalue weighted by molar-refractivity contribution is 6.29. The summed E-state index contributed by atoms with van der Waals surface area (Å²) in [5.41, 5.74) is 1.79. The second-order valence-electron chi connectivity index (χ2n) is 6.90. The fourth-order valence-electron chi connectivity index (χ4n) is 3.08. The smallest absolute Gasteiger partial charge is 0.302 e. The van der Waals surface area contributed by atoms with E-state index >= 15 is 0 Å². The highest BCUT2D eigenvalue weighted by Gasteiger charge is 2.34. The number of halogens is 1. The van der Waals surface area contributed by atoms with Crippen LogP contribution in [0.15, 0.2) is 17.1 Å². The number of ether oxygens (including phenoxy) is 2. The van der Waals surface area contributed by atoms with Crippen LogP contribution in [0.2, 0.25) is 5.15 Å². The van der Waals surface area contributed by atoms with Gasteiger partial charge < -0.3 is 19.4 Å². The summed E-state index contributed by atoms with van der Waals surface area (Å²) in [5.74, 6) is 0.507. The minimum atomic E-state index is -0.382. The van der Waals surface area contributed by atoms with Gasteiger partial charge in [0.1, 0.15) is 11.8 Å². The van der Waals surface area contributed by atoms with Crippen LogP contribution in [-0.4, -0.2) is 34.2 Å². The zero-order valence-corrected chi connectivity index (χ0v) is 17.0. The van der Waals surface area contributed by atoms with Gasteiger partial charge in [-0.15, -0.1) is 0 Å². The monoisotopic (exact) mass is 406 g/mol. The van der Waals surface area contributed by atoms with E-state index in [2.05, 4.69) is 15.3 Å². The van der Waals surface area contributed by atoms with Crippen LogP contribution < -0.4 is 15.6 Å². The molecule has 0 aromatic carbocycles. The number of carbonyl (C=O) groups is 1. The van der Waals surface area contributed by atoms with Crippen LogP contribution in [-0.2, 0) is 9.53 Å². The van der Waals surface area contributed by atoms with Gasteiger partial charge in [0.05, 0.1) is 24.5 Å². The van der Waals surface area contributed by atoms with Crippen LogP contribution in [0.3, 0.4) is 0 Å². The molecule has 0 aliphatic heterocycles. The van der Waals surface area contributed by atoms with Crippen molar-refractivity contribution in [3.05, 3.63) is 39.0 Å². The molecule has 3 rings (SSSR count). The number of nitrogens with zero attached hydrogens (tertiary/aromatic N) is 3. The Morgan fingerprint density at radius 1 is 1.39 bits per heavy atom. The Kier molecular flexibility index (Phi) is 5.88. The average Bonchev–Trinajstić information content (AvgIpc) is 3.46. The SMILES string of the molecule is COc1nc(C)c(Nc2nc(Cl)cn([C@H](COC(C)=O)C3CC3)c2=O)cc1C. The van der Waals surface area contributed by atoms with Crippen LogP contribution in [0.5, 0.6) is 5.88 Å². The third-order valence-corrected chi connectivity index (χ3v) is 4.87. The molecule has 0 saturated heterocycles. The zero-order chi connectivity index (χ0) is 20.4. The number of methoxy groups -OCH3 is 1. The molecule has 1 atom stereocenters. The van der Waals surface area contributed by atoms with E-state index < -0.39 is 0 Å². The van der Waals surface area contributed by atoms with Gasteiger partial charge in [-0.3, -0.25) is 9.59 Å². The summed E-state index contributed by atoms with van der Waals surface area (Å²) in [6, 6.07) is 1.57. The molecule has 1 aliphatic rings. The minimum Gasteiger partial charge on any atom is -0.481 e. The van der Waals surface area contributed by atoms with Gasteiger partial charge >= 0.3 is 5.97 Å². The van der Waals surface area contributed by atoms with Crippen LogP contribution in [0.25, 0.3) is 0 Å². The van der Waals surface area contributed by atoms with Gasteiger partial charge in [-0.2, -0.15) is 0 Å². The fourth-order valence-corrected chi connectivity index (χ4v) is 3.27. The average molecular weight is 407 g/mol. The van der Waals surface area contributed by atoms with Gasteiger partial charge in [-0.25, -0.2) is 9.97 Å². The van der Waals surface area contributed by atoms with E-state index in [9.17, 15) is 9.59 Å². The highest BCUT2D eigenvalue weighted by atomic mass is 35.5. The summed E-state index contributed by atoms with van der Waals surface area (Å²) >= 11 is 6.18. The molecular formula is C19H23ClN4O4. The van der Waals surface area contributed by atoms with Gasteiger partial charge in [0, 0.05) is 18.7 Å². The maximum Gasteiger partial charge on any atom is 0.302 e. The summed E-state index contributed by atoms with van der Waals surface area (Å²) in [7, 11) is 1.56. The standard InChI is InChI=1S/C19H23ClN4O4/c1-10-7-14(11(2)21-18(10)27-4)22-17-19(26)24(8-16(20)23-17)15(13-5-6-13)9-28-12(3)25/h7-8,13,15H,5-6,9H2,1-4H3,(H,22,23)/t15-/m1/s1. The lowest BCUT2D eigenvalue weighted by atomic mass is 10.2. The molecule has 150 valence electrons. The predicted octanol–water partition coefficient (Wildman–Crippen LogP) is 3.17. The molecule has 0 amide bonds. The van der Waals surface area contributed by atoms with Crippen LogP contribution in [0.1, 0.15) is 37.1 Å². The summed E-state index contributed by atoms with van der Waals surface area (Å²) in [5, 5.41) is 3.21. The number of aromatic nitrogens is 3. The maximum atomic E-state index is 13.1. The van der Waals surface area contributed by atoms with E-state index in [1.807, 2.05) is 13.0 Å². The minimum absolute atomic E-state index is 0.0930. The first-order valence-corrected chi connectivity index (χ1v) is 9.39. The molecular weight excluding hydrogens is 384 g/mol. The summed E-state index contributed by atoms with van der Waals surface area (Å²) in [4.78, 5) is 32.8. The second kappa shape index (κ2) is 8.18. The van der Waals surface area contributed by atoms with E-state index in [0.717, 1.165) is 18.4 Å².